The molecule has 0 atom stereocenters. The lowest BCUT2D eigenvalue weighted by Crippen LogP contribution is -2.48. The summed E-state index contributed by atoms with van der Waals surface area (Å²) in [5.74, 6) is -0.906. The number of amides is 2. The average molecular weight is 397 g/mol. The topological polar surface area (TPSA) is 140 Å². The van der Waals surface area contributed by atoms with Crippen molar-refractivity contribution < 1.29 is 33.8 Å². The third kappa shape index (κ3) is 6.67. The first-order valence-corrected chi connectivity index (χ1v) is 8.26. The van der Waals surface area contributed by atoms with Gasteiger partial charge >= 0.3 is 18.0 Å². The molecule has 0 saturated heterocycles. The second-order valence-electron chi connectivity index (χ2n) is 6.02. The van der Waals surface area contributed by atoms with E-state index in [-0.39, 0.29) is 17.1 Å². The molecule has 0 aromatic heterocycles. The highest BCUT2D eigenvalue weighted by molar-refractivity contribution is 5.76. The molecular weight excluding hydrogens is 374 g/mol. The van der Waals surface area contributed by atoms with Crippen LogP contribution in [0.3, 0.4) is 0 Å². The summed E-state index contributed by atoms with van der Waals surface area (Å²) >= 11 is 0. The molecule has 28 heavy (non-hydrogen) atoms. The van der Waals surface area contributed by atoms with Crippen LogP contribution < -0.4 is 10.2 Å². The Morgan fingerprint density at radius 1 is 1.21 bits per heavy atom. The third-order valence-corrected chi connectivity index (χ3v) is 2.98. The zero-order valence-electron chi connectivity index (χ0n) is 16.2. The van der Waals surface area contributed by atoms with E-state index in [9.17, 15) is 24.8 Å². The Kier molecular flexibility index (Phi) is 8.05. The molecule has 2 N–H and O–H groups in total. The quantitative estimate of drug-likeness (QED) is 0.551. The van der Waals surface area contributed by atoms with Crippen LogP contribution in [0.4, 0.5) is 9.59 Å². The number of aromatic hydroxyl groups is 1. The molecule has 11 heteroatoms. The van der Waals surface area contributed by atoms with E-state index in [0.717, 1.165) is 6.08 Å². The summed E-state index contributed by atoms with van der Waals surface area (Å²) in [6.45, 7) is 6.23. The number of phenolic OH excluding ortho intramolecular Hbond substituents is 1. The Balaban J connectivity index is 3.34. The number of ether oxygens (including phenoxy) is 3. The number of carbonyl (C=O) groups is 2. The van der Waals surface area contributed by atoms with E-state index in [2.05, 4.69) is 0 Å². The Morgan fingerprint density at radius 3 is 2.32 bits per heavy atom. The maximum absolute atomic E-state index is 12.3. The second kappa shape index (κ2) is 10.00. The van der Waals surface area contributed by atoms with Crippen molar-refractivity contribution in [2.75, 3.05) is 7.11 Å². The number of nitro groups is 1. The van der Waals surface area contributed by atoms with E-state index in [4.69, 9.17) is 14.2 Å². The summed E-state index contributed by atoms with van der Waals surface area (Å²) < 4.78 is 14.8. The maximum Gasteiger partial charge on any atom is 0.532 e. The molecule has 1 rings (SSSR count). The van der Waals surface area contributed by atoms with Gasteiger partial charge in [-0.15, -0.1) is 5.43 Å². The van der Waals surface area contributed by atoms with Crippen LogP contribution in [0.25, 0.3) is 6.08 Å². The van der Waals surface area contributed by atoms with Crippen LogP contribution in [0.15, 0.2) is 24.0 Å². The van der Waals surface area contributed by atoms with Crippen molar-refractivity contribution in [2.24, 2.45) is 0 Å². The summed E-state index contributed by atoms with van der Waals surface area (Å²) in [4.78, 5) is 34.9. The van der Waals surface area contributed by atoms with Gasteiger partial charge in [0.05, 0.1) is 13.2 Å². The number of carbonyl (C=O) groups excluding carboxylic acids is 2. The highest BCUT2D eigenvalue weighted by Gasteiger charge is 2.35. The number of phenols is 1. The van der Waals surface area contributed by atoms with E-state index < -0.39 is 35.1 Å². The summed E-state index contributed by atoms with van der Waals surface area (Å²) in [6, 6.07) is 3.94. The molecular formula is C17H23N3O8. The van der Waals surface area contributed by atoms with Crippen molar-refractivity contribution in [2.45, 2.75) is 39.9 Å². The molecule has 0 aliphatic rings. The van der Waals surface area contributed by atoms with Gasteiger partial charge < -0.3 is 29.4 Å². The van der Waals surface area contributed by atoms with E-state index in [1.807, 2.05) is 5.43 Å². The van der Waals surface area contributed by atoms with Gasteiger partial charge in [-0.3, -0.25) is 0 Å². The molecule has 11 nitrogen and oxygen atoms in total. The Morgan fingerprint density at radius 2 is 1.82 bits per heavy atom. The minimum absolute atomic E-state index is 0.0694. The van der Waals surface area contributed by atoms with Gasteiger partial charge in [0.25, 0.3) is 0 Å². The summed E-state index contributed by atoms with van der Waals surface area (Å²) in [7, 11) is 1.31. The molecule has 0 saturated carbocycles. The van der Waals surface area contributed by atoms with Gasteiger partial charge in [-0.1, -0.05) is 6.07 Å². The first-order chi connectivity index (χ1) is 13.0. The average Bonchev–Trinajstić information content (AvgIpc) is 2.57. The maximum atomic E-state index is 12.3. The SMILES string of the molecule is COc1cc(/C=C(\N(NC(=O)OC(C)C)C(=O)OC(C)C)[N+](=O)[O-])ccc1O. The van der Waals surface area contributed by atoms with Crippen LogP contribution in [0.1, 0.15) is 33.3 Å². The number of nitrogens with one attached hydrogen (secondary N) is 1. The molecule has 0 bridgehead atoms. The fraction of sp³-hybridized carbons (Fsp3) is 0.412. The van der Waals surface area contributed by atoms with Crippen LogP contribution >= 0.6 is 0 Å². The molecule has 2 amide bonds. The number of hydrazine groups is 1. The second-order valence-corrected chi connectivity index (χ2v) is 6.02. The Labute approximate surface area is 161 Å². The lowest BCUT2D eigenvalue weighted by molar-refractivity contribution is -0.443. The van der Waals surface area contributed by atoms with Crippen LogP contribution in [-0.2, 0) is 9.47 Å². The molecule has 0 aliphatic heterocycles. The summed E-state index contributed by atoms with van der Waals surface area (Å²) in [5, 5.41) is 21.6. The predicted octanol–water partition coefficient (Wildman–Crippen LogP) is 2.87. The largest absolute Gasteiger partial charge is 0.532 e. The van der Waals surface area contributed by atoms with Gasteiger partial charge in [0.15, 0.2) is 11.5 Å². The highest BCUT2D eigenvalue weighted by atomic mass is 16.6. The standard InChI is InChI=1S/C17H23N3O8/c1-10(2)27-16(22)18-19(17(23)28-11(3)4)15(20(24)25)9-12-6-7-13(21)14(8-12)26-5/h6-11,21H,1-5H3,(H,18,22)/b15-9+. The van der Waals surface area contributed by atoms with E-state index in [0.29, 0.717) is 5.01 Å². The molecule has 0 fully saturated rings. The fourth-order valence-electron chi connectivity index (χ4n) is 1.91. The molecule has 0 radical (unpaired) electrons. The minimum atomic E-state index is -1.18. The zero-order chi connectivity index (χ0) is 21.4. The summed E-state index contributed by atoms with van der Waals surface area (Å²) in [6.07, 6.45) is -2.37. The van der Waals surface area contributed by atoms with Crippen molar-refractivity contribution >= 4 is 18.3 Å². The number of rotatable bonds is 6. The molecule has 0 spiro atoms. The first kappa shape index (κ1) is 22.5. The van der Waals surface area contributed by atoms with Gasteiger partial charge in [-0.2, -0.15) is 4.79 Å². The van der Waals surface area contributed by atoms with Gasteiger partial charge in [-0.25, -0.2) is 4.79 Å². The molecule has 1 aromatic rings. The van der Waals surface area contributed by atoms with Crippen molar-refractivity contribution in [1.82, 2.24) is 10.4 Å². The van der Waals surface area contributed by atoms with Gasteiger partial charge in [0.1, 0.15) is 6.10 Å². The number of hydrogen-bond acceptors (Lipinski definition) is 8. The molecule has 0 unspecified atom stereocenters. The van der Waals surface area contributed by atoms with Crippen molar-refractivity contribution in [3.8, 4) is 11.5 Å². The van der Waals surface area contributed by atoms with Crippen LogP contribution in [0.5, 0.6) is 11.5 Å². The van der Waals surface area contributed by atoms with Gasteiger partial charge in [0.2, 0.25) is 0 Å². The van der Waals surface area contributed by atoms with Crippen LogP contribution in [-0.4, -0.2) is 46.5 Å². The van der Waals surface area contributed by atoms with Crippen molar-refractivity contribution in [3.63, 3.8) is 0 Å². The Hall–Kier alpha value is -3.50. The normalized spacial score (nSPS) is 11.2. The molecule has 154 valence electrons. The number of benzene rings is 1. The number of hydrogen-bond donors (Lipinski definition) is 2. The summed E-state index contributed by atoms with van der Waals surface area (Å²) in [5.41, 5.74) is 2.23. The third-order valence-electron chi connectivity index (χ3n) is 2.98. The van der Waals surface area contributed by atoms with Crippen LogP contribution in [0.2, 0.25) is 0 Å². The smallest absolute Gasteiger partial charge is 0.504 e. The lowest BCUT2D eigenvalue weighted by Gasteiger charge is -2.18. The van der Waals surface area contributed by atoms with Gasteiger partial charge in [-0.05, 0) is 55.3 Å². The lowest BCUT2D eigenvalue weighted by atomic mass is 10.2. The highest BCUT2D eigenvalue weighted by Crippen LogP contribution is 2.27. The van der Waals surface area contributed by atoms with Crippen molar-refractivity contribution in [3.05, 3.63) is 39.7 Å². The number of nitrogens with zero attached hydrogens (tertiary/aromatic N) is 2. The van der Waals surface area contributed by atoms with Crippen LogP contribution in [0, 0.1) is 10.1 Å². The van der Waals surface area contributed by atoms with Crippen molar-refractivity contribution in [1.29, 1.82) is 0 Å². The first-order valence-electron chi connectivity index (χ1n) is 8.26. The molecule has 0 aliphatic carbocycles. The Bertz CT molecular complexity index is 761. The number of methoxy groups -OCH3 is 1. The van der Waals surface area contributed by atoms with E-state index >= 15 is 0 Å². The zero-order valence-corrected chi connectivity index (χ0v) is 16.2. The predicted molar refractivity (Wildman–Crippen MR) is 97.8 cm³/mol. The molecule has 1 aromatic carbocycles. The molecule has 0 heterocycles. The monoisotopic (exact) mass is 397 g/mol. The fourth-order valence-corrected chi connectivity index (χ4v) is 1.91. The van der Waals surface area contributed by atoms with Gasteiger partial charge in [0, 0.05) is 6.08 Å². The van der Waals surface area contributed by atoms with E-state index in [1.54, 1.807) is 27.7 Å². The minimum Gasteiger partial charge on any atom is -0.504 e. The van der Waals surface area contributed by atoms with E-state index in [1.165, 1.54) is 25.3 Å².